The summed E-state index contributed by atoms with van der Waals surface area (Å²) in [4.78, 5) is 25.9. The molecule has 0 radical (unpaired) electrons. The fourth-order valence-corrected chi connectivity index (χ4v) is 4.29. The van der Waals surface area contributed by atoms with Gasteiger partial charge in [-0.2, -0.15) is 0 Å². The number of nitrogens with zero attached hydrogens (tertiary/aromatic N) is 1. The van der Waals surface area contributed by atoms with Crippen LogP contribution in [0.5, 0.6) is 0 Å². The number of carbonyl (C=O) groups excluding carboxylic acids is 2. The molecule has 0 aromatic rings. The molecule has 7 heteroatoms. The van der Waals surface area contributed by atoms with Crippen molar-refractivity contribution in [2.75, 3.05) is 20.8 Å². The van der Waals surface area contributed by atoms with Gasteiger partial charge in [0.15, 0.2) is 5.60 Å². The van der Waals surface area contributed by atoms with E-state index >= 15 is 0 Å². The van der Waals surface area contributed by atoms with E-state index in [4.69, 9.17) is 14.2 Å². The molecule has 2 aliphatic heterocycles. The lowest BCUT2D eigenvalue weighted by Gasteiger charge is -2.42. The molecular formula is C17H26BrNO5. The maximum atomic E-state index is 12.2. The molecule has 0 N–H and O–H groups in total. The van der Waals surface area contributed by atoms with Gasteiger partial charge in [-0.3, -0.25) is 4.79 Å². The van der Waals surface area contributed by atoms with Crippen molar-refractivity contribution in [3.63, 3.8) is 0 Å². The summed E-state index contributed by atoms with van der Waals surface area (Å²) in [6, 6.07) is 0.136. The zero-order valence-corrected chi connectivity index (χ0v) is 16.6. The first-order chi connectivity index (χ1) is 11.2. The molecule has 0 bridgehead atoms. The van der Waals surface area contributed by atoms with Crippen molar-refractivity contribution in [1.82, 2.24) is 4.90 Å². The third-order valence-corrected chi connectivity index (χ3v) is 5.81. The number of hydrogen-bond donors (Lipinski definition) is 0. The van der Waals surface area contributed by atoms with E-state index < -0.39 is 11.6 Å². The van der Waals surface area contributed by atoms with Gasteiger partial charge in [0, 0.05) is 26.5 Å². The molecule has 1 fully saturated rings. The minimum atomic E-state index is -0.851. The summed E-state index contributed by atoms with van der Waals surface area (Å²) in [5, 5.41) is 0. The van der Waals surface area contributed by atoms with Crippen LogP contribution in [0.3, 0.4) is 0 Å². The van der Waals surface area contributed by atoms with Crippen LogP contribution in [0, 0.1) is 0 Å². The van der Waals surface area contributed by atoms with Crippen LogP contribution in [0.25, 0.3) is 0 Å². The van der Waals surface area contributed by atoms with Crippen LogP contribution in [-0.4, -0.2) is 54.8 Å². The van der Waals surface area contributed by atoms with Gasteiger partial charge in [-0.25, -0.2) is 4.79 Å². The van der Waals surface area contributed by atoms with Crippen molar-refractivity contribution in [2.45, 2.75) is 63.7 Å². The molecule has 0 aromatic carbocycles. The van der Waals surface area contributed by atoms with Gasteiger partial charge in [0.1, 0.15) is 4.48 Å². The van der Waals surface area contributed by atoms with Crippen LogP contribution in [0.1, 0.15) is 46.5 Å². The highest BCUT2D eigenvalue weighted by molar-refractivity contribution is 9.12. The number of methoxy groups -OCH3 is 2. The third-order valence-electron chi connectivity index (χ3n) is 5.11. The van der Waals surface area contributed by atoms with Crippen LogP contribution in [0.2, 0.25) is 0 Å². The second-order valence-electron chi connectivity index (χ2n) is 7.02. The van der Waals surface area contributed by atoms with Crippen molar-refractivity contribution in [3.8, 4) is 0 Å². The highest BCUT2D eigenvalue weighted by atomic mass is 79.9. The zero-order valence-electron chi connectivity index (χ0n) is 15.0. The summed E-state index contributed by atoms with van der Waals surface area (Å²) < 4.78 is 16.5. The number of hydrogen-bond acceptors (Lipinski definition) is 6. The average molecular weight is 404 g/mol. The van der Waals surface area contributed by atoms with Gasteiger partial charge >= 0.3 is 11.9 Å². The third kappa shape index (κ3) is 3.47. The van der Waals surface area contributed by atoms with E-state index in [0.29, 0.717) is 10.9 Å². The number of rotatable bonds is 6. The number of cyclic esters (lactones) is 1. The van der Waals surface area contributed by atoms with Gasteiger partial charge in [0.2, 0.25) is 0 Å². The molecule has 2 atom stereocenters. The van der Waals surface area contributed by atoms with E-state index in [9.17, 15) is 9.59 Å². The Kier molecular flexibility index (Phi) is 5.64. The lowest BCUT2D eigenvalue weighted by atomic mass is 9.91. The fraction of sp³-hybridized carbons (Fsp3) is 0.765. The normalized spacial score (nSPS) is 27.7. The quantitative estimate of drug-likeness (QED) is 0.635. The van der Waals surface area contributed by atoms with Crippen molar-refractivity contribution >= 4 is 27.9 Å². The maximum Gasteiger partial charge on any atom is 0.348 e. The molecule has 6 nitrogen and oxygen atoms in total. The van der Waals surface area contributed by atoms with Gasteiger partial charge in [0.25, 0.3) is 0 Å². The average Bonchev–Trinajstić information content (AvgIpc) is 3.09. The summed E-state index contributed by atoms with van der Waals surface area (Å²) in [5.41, 5.74) is -0.397. The number of carbonyl (C=O) groups is 2. The Morgan fingerprint density at radius 3 is 2.71 bits per heavy atom. The van der Waals surface area contributed by atoms with Crippen LogP contribution < -0.4 is 0 Å². The molecular weight excluding hydrogens is 378 g/mol. The van der Waals surface area contributed by atoms with Gasteiger partial charge in [-0.05, 0) is 49.5 Å². The van der Waals surface area contributed by atoms with Gasteiger partial charge in [-0.15, -0.1) is 0 Å². The van der Waals surface area contributed by atoms with Crippen LogP contribution >= 0.6 is 15.9 Å². The standard InChI is InChI=1S/C17H26BrNO5/c1-16(2,23-5)11-7-6-10-19(11)14-13(18)15(21)24-17(14,3)9-8-12(20)22-4/h11H,6-10H2,1-5H3/t11-,17-/m0/s1. The van der Waals surface area contributed by atoms with E-state index in [1.165, 1.54) is 7.11 Å². The molecule has 24 heavy (non-hydrogen) atoms. The van der Waals surface area contributed by atoms with E-state index in [1.54, 1.807) is 7.11 Å². The van der Waals surface area contributed by atoms with E-state index in [1.807, 2.05) is 20.8 Å². The summed E-state index contributed by atoms with van der Waals surface area (Å²) in [6.45, 7) is 6.78. The van der Waals surface area contributed by atoms with Crippen molar-refractivity contribution in [2.24, 2.45) is 0 Å². The molecule has 0 aliphatic carbocycles. The molecule has 0 spiro atoms. The minimum Gasteiger partial charge on any atom is -0.469 e. The van der Waals surface area contributed by atoms with E-state index in [2.05, 4.69) is 20.8 Å². The Morgan fingerprint density at radius 2 is 2.12 bits per heavy atom. The lowest BCUT2D eigenvalue weighted by molar-refractivity contribution is -0.150. The Labute approximate surface area is 151 Å². The molecule has 0 aromatic heterocycles. The highest BCUT2D eigenvalue weighted by Crippen LogP contribution is 2.45. The zero-order chi connectivity index (χ0) is 18.1. The topological polar surface area (TPSA) is 65.1 Å². The van der Waals surface area contributed by atoms with Gasteiger partial charge in [0.05, 0.1) is 24.4 Å². The second kappa shape index (κ2) is 7.04. The van der Waals surface area contributed by atoms with E-state index in [0.717, 1.165) is 25.1 Å². The molecule has 2 rings (SSSR count). The Hall–Kier alpha value is -1.08. The number of likely N-dealkylation sites (tertiary alicyclic amines) is 1. The fourth-order valence-electron chi connectivity index (χ4n) is 3.56. The smallest absolute Gasteiger partial charge is 0.348 e. The van der Waals surface area contributed by atoms with Gasteiger partial charge in [-0.1, -0.05) is 0 Å². The molecule has 136 valence electrons. The largest absolute Gasteiger partial charge is 0.469 e. The highest BCUT2D eigenvalue weighted by Gasteiger charge is 2.50. The second-order valence-corrected chi connectivity index (χ2v) is 7.81. The predicted molar refractivity (Wildman–Crippen MR) is 92.5 cm³/mol. The van der Waals surface area contributed by atoms with Crippen molar-refractivity contribution < 1.29 is 23.8 Å². The minimum absolute atomic E-state index is 0.136. The first kappa shape index (κ1) is 19.2. The van der Waals surface area contributed by atoms with Crippen LogP contribution in [0.15, 0.2) is 10.2 Å². The summed E-state index contributed by atoms with van der Waals surface area (Å²) in [6.07, 6.45) is 2.57. The SMILES string of the molecule is COC(=O)CC[C@]1(C)OC(=O)C(Br)=C1N1CCC[C@H]1C(C)(C)OC. The van der Waals surface area contributed by atoms with Crippen molar-refractivity contribution in [1.29, 1.82) is 0 Å². The van der Waals surface area contributed by atoms with E-state index in [-0.39, 0.29) is 24.0 Å². The predicted octanol–water partition coefficient (Wildman–Crippen LogP) is 2.75. The first-order valence-corrected chi connectivity index (χ1v) is 8.98. The summed E-state index contributed by atoms with van der Waals surface area (Å²) in [5.74, 6) is -0.705. The van der Waals surface area contributed by atoms with Gasteiger partial charge < -0.3 is 19.1 Å². The Balaban J connectivity index is 2.33. The Morgan fingerprint density at radius 1 is 1.46 bits per heavy atom. The maximum absolute atomic E-state index is 12.2. The molecule has 0 unspecified atom stereocenters. The van der Waals surface area contributed by atoms with Crippen LogP contribution in [0.4, 0.5) is 0 Å². The number of halogens is 1. The summed E-state index contributed by atoms with van der Waals surface area (Å²) >= 11 is 3.40. The molecule has 0 saturated carbocycles. The molecule has 2 aliphatic rings. The van der Waals surface area contributed by atoms with Crippen molar-refractivity contribution in [3.05, 3.63) is 10.2 Å². The molecule has 2 heterocycles. The number of esters is 2. The van der Waals surface area contributed by atoms with Crippen LogP contribution in [-0.2, 0) is 23.8 Å². The first-order valence-electron chi connectivity index (χ1n) is 8.18. The lowest BCUT2D eigenvalue weighted by Crippen LogP contribution is -2.50. The summed E-state index contributed by atoms with van der Waals surface area (Å²) in [7, 11) is 3.06. The Bertz CT molecular complexity index is 559. The molecule has 1 saturated heterocycles. The number of ether oxygens (including phenoxy) is 3. The monoisotopic (exact) mass is 403 g/mol. The molecule has 0 amide bonds.